The Morgan fingerprint density at radius 1 is 1.23 bits per heavy atom. The van der Waals surface area contributed by atoms with E-state index < -0.39 is 18.5 Å². The van der Waals surface area contributed by atoms with E-state index in [1.165, 1.54) is 28.4 Å². The van der Waals surface area contributed by atoms with Gasteiger partial charge in [0.25, 0.3) is 5.91 Å². The van der Waals surface area contributed by atoms with Gasteiger partial charge in [-0.1, -0.05) is 29.8 Å². The van der Waals surface area contributed by atoms with Crippen LogP contribution in [-0.2, 0) is 20.7 Å². The highest BCUT2D eigenvalue weighted by molar-refractivity contribution is 7.13. The summed E-state index contributed by atoms with van der Waals surface area (Å²) in [5.74, 6) is -1.45. The molecule has 0 N–H and O–H groups in total. The third-order valence-electron chi connectivity index (χ3n) is 4.17. The molecule has 0 bridgehead atoms. The molecule has 31 heavy (non-hydrogen) atoms. The number of carbonyl (C=O) groups is 2. The molecule has 6 nitrogen and oxygen atoms in total. The maximum Gasteiger partial charge on any atom is 0.312 e. The van der Waals surface area contributed by atoms with Gasteiger partial charge in [0, 0.05) is 28.2 Å². The Morgan fingerprint density at radius 2 is 2.03 bits per heavy atom. The number of nitriles is 1. The third kappa shape index (κ3) is 6.35. The lowest BCUT2D eigenvalue weighted by molar-refractivity contribution is -0.147. The van der Waals surface area contributed by atoms with E-state index in [0.29, 0.717) is 27.0 Å². The number of rotatable bonds is 8. The summed E-state index contributed by atoms with van der Waals surface area (Å²) in [6.07, 6.45) is 0.00232. The van der Waals surface area contributed by atoms with Gasteiger partial charge in [-0.25, -0.2) is 9.37 Å². The molecule has 0 atom stereocenters. The van der Waals surface area contributed by atoms with E-state index in [2.05, 4.69) is 4.98 Å². The summed E-state index contributed by atoms with van der Waals surface area (Å²) in [5.41, 5.74) is 1.61. The van der Waals surface area contributed by atoms with Gasteiger partial charge in [-0.05, 0) is 30.3 Å². The lowest BCUT2D eigenvalue weighted by Gasteiger charge is -2.21. The quantitative estimate of drug-likeness (QED) is 0.460. The molecule has 0 aliphatic rings. The van der Waals surface area contributed by atoms with E-state index >= 15 is 0 Å². The summed E-state index contributed by atoms with van der Waals surface area (Å²) in [5, 5.41) is 11.6. The lowest BCUT2D eigenvalue weighted by Crippen LogP contribution is -2.35. The van der Waals surface area contributed by atoms with E-state index in [-0.39, 0.29) is 25.2 Å². The highest BCUT2D eigenvalue weighted by Gasteiger charge is 2.18. The van der Waals surface area contributed by atoms with Crippen molar-refractivity contribution >= 4 is 40.5 Å². The number of aromatic nitrogens is 1. The molecule has 0 fully saturated rings. The van der Waals surface area contributed by atoms with Crippen molar-refractivity contribution in [2.75, 3.05) is 18.1 Å². The van der Waals surface area contributed by atoms with E-state index in [9.17, 15) is 14.0 Å². The van der Waals surface area contributed by atoms with Crippen molar-refractivity contribution in [2.45, 2.75) is 12.8 Å². The zero-order chi connectivity index (χ0) is 22.2. The van der Waals surface area contributed by atoms with Crippen molar-refractivity contribution in [3.8, 4) is 16.6 Å². The first-order chi connectivity index (χ1) is 15.0. The Balaban J connectivity index is 1.59. The first-order valence-corrected chi connectivity index (χ1v) is 10.5. The summed E-state index contributed by atoms with van der Waals surface area (Å²) in [7, 11) is 0. The number of ether oxygens (including phenoxy) is 1. The average molecular weight is 458 g/mol. The molecule has 2 aromatic carbocycles. The second-order valence-electron chi connectivity index (χ2n) is 6.43. The van der Waals surface area contributed by atoms with Crippen molar-refractivity contribution in [2.24, 2.45) is 0 Å². The van der Waals surface area contributed by atoms with Crippen LogP contribution in [-0.4, -0.2) is 30.0 Å². The van der Waals surface area contributed by atoms with Crippen LogP contribution in [0, 0.1) is 17.1 Å². The van der Waals surface area contributed by atoms with Crippen molar-refractivity contribution in [1.82, 2.24) is 4.98 Å². The van der Waals surface area contributed by atoms with Crippen LogP contribution in [0.25, 0.3) is 10.6 Å². The van der Waals surface area contributed by atoms with Crippen LogP contribution in [0.1, 0.15) is 12.1 Å². The summed E-state index contributed by atoms with van der Waals surface area (Å²) >= 11 is 7.27. The fourth-order valence-corrected chi connectivity index (χ4v) is 3.77. The Labute approximate surface area is 187 Å². The fourth-order valence-electron chi connectivity index (χ4n) is 2.76. The summed E-state index contributed by atoms with van der Waals surface area (Å²) in [4.78, 5) is 30.4. The zero-order valence-electron chi connectivity index (χ0n) is 16.3. The second kappa shape index (κ2) is 10.7. The number of benzene rings is 2. The molecule has 0 spiro atoms. The van der Waals surface area contributed by atoms with E-state index in [4.69, 9.17) is 21.6 Å². The van der Waals surface area contributed by atoms with Crippen molar-refractivity contribution in [3.05, 3.63) is 70.4 Å². The SMILES string of the molecule is N#CCCN(C(=O)COC(=O)Cc1csc(-c2cccc(F)c2)n1)c1cccc(Cl)c1. The van der Waals surface area contributed by atoms with Gasteiger partial charge in [-0.2, -0.15) is 5.26 Å². The van der Waals surface area contributed by atoms with Gasteiger partial charge in [-0.3, -0.25) is 9.59 Å². The second-order valence-corrected chi connectivity index (χ2v) is 7.72. The summed E-state index contributed by atoms with van der Waals surface area (Å²) in [6, 6.07) is 14.7. The van der Waals surface area contributed by atoms with Crippen LogP contribution in [0.3, 0.4) is 0 Å². The fraction of sp³-hybridized carbons (Fsp3) is 0.182. The number of hydrogen-bond acceptors (Lipinski definition) is 6. The van der Waals surface area contributed by atoms with Gasteiger partial charge < -0.3 is 9.64 Å². The lowest BCUT2D eigenvalue weighted by atomic mass is 10.2. The van der Waals surface area contributed by atoms with Crippen LogP contribution < -0.4 is 4.90 Å². The van der Waals surface area contributed by atoms with E-state index in [1.54, 1.807) is 41.8 Å². The molecule has 1 amide bonds. The molecule has 0 radical (unpaired) electrons. The largest absolute Gasteiger partial charge is 0.455 e. The number of esters is 1. The van der Waals surface area contributed by atoms with E-state index in [1.807, 2.05) is 6.07 Å². The summed E-state index contributed by atoms with van der Waals surface area (Å²) in [6.45, 7) is -0.325. The number of nitrogens with zero attached hydrogens (tertiary/aromatic N) is 3. The van der Waals surface area contributed by atoms with Gasteiger partial charge >= 0.3 is 5.97 Å². The first-order valence-electron chi connectivity index (χ1n) is 9.25. The predicted molar refractivity (Wildman–Crippen MR) is 116 cm³/mol. The van der Waals surface area contributed by atoms with Crippen molar-refractivity contribution in [1.29, 1.82) is 5.26 Å². The number of carbonyl (C=O) groups excluding carboxylic acids is 2. The van der Waals surface area contributed by atoms with Crippen LogP contribution in [0.4, 0.5) is 10.1 Å². The van der Waals surface area contributed by atoms with Crippen LogP contribution in [0.2, 0.25) is 5.02 Å². The number of anilines is 1. The Morgan fingerprint density at radius 3 is 2.77 bits per heavy atom. The van der Waals surface area contributed by atoms with Crippen LogP contribution in [0.5, 0.6) is 0 Å². The number of thiazole rings is 1. The van der Waals surface area contributed by atoms with Crippen LogP contribution >= 0.6 is 22.9 Å². The standard InChI is InChI=1S/C22H17ClFN3O3S/c23-16-5-2-7-19(11-16)27(9-3-8-25)20(28)13-30-21(29)12-18-14-31-22(26-18)15-4-1-6-17(24)10-15/h1-2,4-7,10-11,14H,3,9,12-13H2. The average Bonchev–Trinajstić information content (AvgIpc) is 3.21. The molecule has 158 valence electrons. The van der Waals surface area contributed by atoms with Crippen molar-refractivity contribution in [3.63, 3.8) is 0 Å². The molecular formula is C22H17ClFN3O3S. The molecule has 0 saturated carbocycles. The maximum atomic E-state index is 13.4. The molecule has 1 aromatic heterocycles. The Hall–Kier alpha value is -3.28. The zero-order valence-corrected chi connectivity index (χ0v) is 17.8. The molecule has 3 rings (SSSR count). The number of hydrogen-bond donors (Lipinski definition) is 0. The smallest absolute Gasteiger partial charge is 0.312 e. The van der Waals surface area contributed by atoms with Gasteiger partial charge in [0.15, 0.2) is 6.61 Å². The third-order valence-corrected chi connectivity index (χ3v) is 5.35. The molecule has 0 aliphatic carbocycles. The highest BCUT2D eigenvalue weighted by atomic mass is 35.5. The van der Waals surface area contributed by atoms with Crippen molar-refractivity contribution < 1.29 is 18.7 Å². The minimum absolute atomic E-state index is 0.117. The molecule has 9 heteroatoms. The Kier molecular flexibility index (Phi) is 7.70. The highest BCUT2D eigenvalue weighted by Crippen LogP contribution is 2.24. The Bertz CT molecular complexity index is 1130. The normalized spacial score (nSPS) is 10.4. The predicted octanol–water partition coefficient (Wildman–Crippen LogP) is 4.64. The van der Waals surface area contributed by atoms with Gasteiger partial charge in [0.2, 0.25) is 0 Å². The molecule has 0 unspecified atom stereocenters. The number of amides is 1. The van der Waals surface area contributed by atoms with E-state index in [0.717, 1.165) is 0 Å². The monoisotopic (exact) mass is 457 g/mol. The molecule has 0 aliphatic heterocycles. The summed E-state index contributed by atoms with van der Waals surface area (Å²) < 4.78 is 18.5. The number of halogens is 2. The molecular weight excluding hydrogens is 441 g/mol. The van der Waals surface area contributed by atoms with Crippen LogP contribution in [0.15, 0.2) is 53.9 Å². The van der Waals surface area contributed by atoms with Gasteiger partial charge in [-0.15, -0.1) is 11.3 Å². The minimum atomic E-state index is -0.615. The topological polar surface area (TPSA) is 83.3 Å². The molecule has 3 aromatic rings. The molecule has 1 heterocycles. The van der Waals surface area contributed by atoms with Gasteiger partial charge in [0.1, 0.15) is 10.8 Å². The molecule has 0 saturated heterocycles. The first kappa shape index (κ1) is 22.4. The minimum Gasteiger partial charge on any atom is -0.455 e. The van der Waals surface area contributed by atoms with Gasteiger partial charge in [0.05, 0.1) is 24.6 Å². The maximum absolute atomic E-state index is 13.4.